The molecule has 6 nitrogen and oxygen atoms in total. The van der Waals surface area contributed by atoms with Crippen molar-refractivity contribution in [3.63, 3.8) is 0 Å². The van der Waals surface area contributed by atoms with E-state index in [2.05, 4.69) is 17.1 Å². The Kier molecular flexibility index (Phi) is 4.88. The van der Waals surface area contributed by atoms with Gasteiger partial charge in [0.1, 0.15) is 5.75 Å². The van der Waals surface area contributed by atoms with E-state index in [1.165, 1.54) is 11.3 Å². The number of amides is 2. The molecule has 0 radical (unpaired) electrons. The number of para-hydroxylation sites is 1. The van der Waals surface area contributed by atoms with Crippen molar-refractivity contribution in [3.05, 3.63) is 46.8 Å². The quantitative estimate of drug-likeness (QED) is 0.829. The standard InChI is InChI=1S/C20H23N3O3S/c1-12-18(13-8-10-23(12)11-9-13)22-20(25)16-6-7-17(27-16)26-15-5-3-2-4-14(15)19(21)24/h2-7,12-13,18H,8-11H2,1H3,(H2,21,24)(H,22,25)/t12-,18+/m1/s1. The second-order valence-electron chi connectivity index (χ2n) is 7.19. The molecule has 2 bridgehead atoms. The van der Waals surface area contributed by atoms with Gasteiger partial charge < -0.3 is 15.8 Å². The van der Waals surface area contributed by atoms with E-state index in [0.717, 1.165) is 25.9 Å². The number of rotatable bonds is 5. The predicted octanol–water partition coefficient (Wildman–Crippen LogP) is 2.85. The fourth-order valence-electron chi connectivity index (χ4n) is 4.13. The summed E-state index contributed by atoms with van der Waals surface area (Å²) in [5.74, 6) is 0.344. The molecule has 3 saturated heterocycles. The minimum Gasteiger partial charge on any atom is -0.446 e. The van der Waals surface area contributed by atoms with E-state index in [4.69, 9.17) is 10.5 Å². The molecule has 0 saturated carbocycles. The molecule has 142 valence electrons. The maximum absolute atomic E-state index is 12.7. The summed E-state index contributed by atoms with van der Waals surface area (Å²) in [6.07, 6.45) is 2.30. The number of primary amides is 1. The van der Waals surface area contributed by atoms with Crippen LogP contribution in [0.25, 0.3) is 0 Å². The van der Waals surface area contributed by atoms with Crippen LogP contribution in [0.4, 0.5) is 0 Å². The van der Waals surface area contributed by atoms with Gasteiger partial charge in [-0.25, -0.2) is 0 Å². The molecule has 0 unspecified atom stereocenters. The molecule has 2 atom stereocenters. The van der Waals surface area contributed by atoms with Gasteiger partial charge in [0.25, 0.3) is 11.8 Å². The van der Waals surface area contributed by atoms with Crippen LogP contribution in [0.3, 0.4) is 0 Å². The number of nitrogens with zero attached hydrogens (tertiary/aromatic N) is 1. The van der Waals surface area contributed by atoms with E-state index < -0.39 is 5.91 Å². The Morgan fingerprint density at radius 2 is 1.93 bits per heavy atom. The molecule has 3 aliphatic heterocycles. The number of hydrogen-bond donors (Lipinski definition) is 2. The normalized spacial score (nSPS) is 26.6. The zero-order valence-electron chi connectivity index (χ0n) is 15.2. The number of ether oxygens (including phenoxy) is 1. The van der Waals surface area contributed by atoms with E-state index in [1.807, 2.05) is 0 Å². The Morgan fingerprint density at radius 1 is 1.19 bits per heavy atom. The van der Waals surface area contributed by atoms with Gasteiger partial charge in [-0.3, -0.25) is 14.5 Å². The van der Waals surface area contributed by atoms with E-state index in [0.29, 0.717) is 33.2 Å². The summed E-state index contributed by atoms with van der Waals surface area (Å²) in [7, 11) is 0. The average molecular weight is 385 g/mol. The van der Waals surface area contributed by atoms with Crippen LogP contribution in [-0.2, 0) is 0 Å². The number of thiophene rings is 1. The van der Waals surface area contributed by atoms with Crippen molar-refractivity contribution in [2.75, 3.05) is 13.1 Å². The van der Waals surface area contributed by atoms with Crippen LogP contribution in [-0.4, -0.2) is 41.9 Å². The topological polar surface area (TPSA) is 84.7 Å². The van der Waals surface area contributed by atoms with Gasteiger partial charge in [-0.2, -0.15) is 0 Å². The van der Waals surface area contributed by atoms with Crippen LogP contribution in [0.2, 0.25) is 0 Å². The zero-order valence-corrected chi connectivity index (χ0v) is 16.0. The van der Waals surface area contributed by atoms with E-state index >= 15 is 0 Å². The molecule has 1 aromatic heterocycles. The molecule has 7 heteroatoms. The summed E-state index contributed by atoms with van der Waals surface area (Å²) in [4.78, 5) is 27.3. The summed E-state index contributed by atoms with van der Waals surface area (Å²) < 4.78 is 5.79. The van der Waals surface area contributed by atoms with Crippen molar-refractivity contribution in [1.82, 2.24) is 10.2 Å². The summed E-state index contributed by atoms with van der Waals surface area (Å²) >= 11 is 1.27. The lowest BCUT2D eigenvalue weighted by atomic mass is 9.79. The van der Waals surface area contributed by atoms with Crippen LogP contribution < -0.4 is 15.8 Å². The van der Waals surface area contributed by atoms with Crippen molar-refractivity contribution in [2.24, 2.45) is 11.7 Å². The van der Waals surface area contributed by atoms with Gasteiger partial charge in [-0.15, -0.1) is 0 Å². The van der Waals surface area contributed by atoms with Crippen molar-refractivity contribution >= 4 is 23.2 Å². The lowest BCUT2D eigenvalue weighted by Gasteiger charge is -2.49. The monoisotopic (exact) mass is 385 g/mol. The third kappa shape index (κ3) is 3.57. The molecule has 3 aliphatic rings. The number of nitrogens with one attached hydrogen (secondary N) is 1. The fraction of sp³-hybridized carbons (Fsp3) is 0.400. The lowest BCUT2D eigenvalue weighted by Crippen LogP contribution is -2.62. The number of carbonyl (C=O) groups is 2. The Labute approximate surface area is 162 Å². The van der Waals surface area contributed by atoms with Gasteiger partial charge in [-0.1, -0.05) is 23.5 Å². The molecule has 27 heavy (non-hydrogen) atoms. The number of hydrogen-bond acceptors (Lipinski definition) is 5. The predicted molar refractivity (Wildman–Crippen MR) is 104 cm³/mol. The molecule has 4 heterocycles. The third-order valence-electron chi connectivity index (χ3n) is 5.64. The summed E-state index contributed by atoms with van der Waals surface area (Å²) in [6.45, 7) is 4.46. The highest BCUT2D eigenvalue weighted by Crippen LogP contribution is 2.34. The highest BCUT2D eigenvalue weighted by Gasteiger charge is 2.40. The van der Waals surface area contributed by atoms with E-state index in [1.54, 1.807) is 36.4 Å². The molecule has 1 aromatic carbocycles. The summed E-state index contributed by atoms with van der Waals surface area (Å²) in [5.41, 5.74) is 5.70. The molecule has 2 amide bonds. The second kappa shape index (κ2) is 7.32. The summed E-state index contributed by atoms with van der Waals surface area (Å²) in [5, 5.41) is 3.77. The lowest BCUT2D eigenvalue weighted by molar-refractivity contribution is 0.0218. The molecular weight excluding hydrogens is 362 g/mol. The Hall–Kier alpha value is -2.38. The maximum atomic E-state index is 12.7. The smallest absolute Gasteiger partial charge is 0.261 e. The van der Waals surface area contributed by atoms with Crippen molar-refractivity contribution < 1.29 is 14.3 Å². The number of nitrogens with two attached hydrogens (primary N) is 1. The maximum Gasteiger partial charge on any atom is 0.261 e. The van der Waals surface area contributed by atoms with Gasteiger partial charge in [0, 0.05) is 12.1 Å². The highest BCUT2D eigenvalue weighted by atomic mass is 32.1. The first kappa shape index (κ1) is 18.0. The third-order valence-corrected chi connectivity index (χ3v) is 6.61. The fourth-order valence-corrected chi connectivity index (χ4v) is 4.90. The SMILES string of the molecule is C[C@@H]1[C@H](NC(=O)c2ccc(Oc3ccccc3C(N)=O)s2)C2CCN1CC2. The molecule has 0 spiro atoms. The minimum atomic E-state index is -0.545. The molecular formula is C20H23N3O3S. The van der Waals surface area contributed by atoms with E-state index in [9.17, 15) is 9.59 Å². The minimum absolute atomic E-state index is 0.0661. The van der Waals surface area contributed by atoms with Gasteiger partial charge in [-0.05, 0) is 63.0 Å². The molecule has 3 fully saturated rings. The molecule has 3 N–H and O–H groups in total. The van der Waals surface area contributed by atoms with Crippen LogP contribution in [0.5, 0.6) is 10.8 Å². The van der Waals surface area contributed by atoms with Gasteiger partial charge in [0.2, 0.25) is 0 Å². The number of piperidine rings is 3. The van der Waals surface area contributed by atoms with Gasteiger partial charge in [0.05, 0.1) is 10.4 Å². The Morgan fingerprint density at radius 3 is 2.63 bits per heavy atom. The number of carbonyl (C=O) groups excluding carboxylic acids is 2. The number of benzene rings is 1. The van der Waals surface area contributed by atoms with Crippen molar-refractivity contribution in [1.29, 1.82) is 0 Å². The number of fused-ring (bicyclic) bond motifs is 3. The second-order valence-corrected chi connectivity index (χ2v) is 8.24. The molecule has 5 rings (SSSR count). The van der Waals surface area contributed by atoms with Crippen LogP contribution in [0.15, 0.2) is 36.4 Å². The largest absolute Gasteiger partial charge is 0.446 e. The van der Waals surface area contributed by atoms with Crippen LogP contribution in [0.1, 0.15) is 39.8 Å². The van der Waals surface area contributed by atoms with Gasteiger partial charge >= 0.3 is 0 Å². The molecule has 2 aromatic rings. The first-order chi connectivity index (χ1) is 13.0. The van der Waals surface area contributed by atoms with E-state index in [-0.39, 0.29) is 11.9 Å². The molecule has 0 aliphatic carbocycles. The Balaban J connectivity index is 1.45. The van der Waals surface area contributed by atoms with Crippen LogP contribution in [0, 0.1) is 5.92 Å². The highest BCUT2D eigenvalue weighted by molar-refractivity contribution is 7.15. The van der Waals surface area contributed by atoms with Gasteiger partial charge in [0.15, 0.2) is 5.06 Å². The first-order valence-corrected chi connectivity index (χ1v) is 10.1. The first-order valence-electron chi connectivity index (χ1n) is 9.24. The van der Waals surface area contributed by atoms with Crippen molar-refractivity contribution in [2.45, 2.75) is 31.8 Å². The van der Waals surface area contributed by atoms with Crippen molar-refractivity contribution in [3.8, 4) is 10.8 Å². The zero-order chi connectivity index (χ0) is 19.0. The Bertz CT molecular complexity index is 856. The van der Waals surface area contributed by atoms with Crippen LogP contribution >= 0.6 is 11.3 Å². The summed E-state index contributed by atoms with van der Waals surface area (Å²) in [6, 6.07) is 10.9. The average Bonchev–Trinajstić information content (AvgIpc) is 3.14.